The summed E-state index contributed by atoms with van der Waals surface area (Å²) in [5.41, 5.74) is 0. The van der Waals surface area contributed by atoms with Crippen molar-refractivity contribution in [1.82, 2.24) is 0 Å². The van der Waals surface area contributed by atoms with Gasteiger partial charge in [0.1, 0.15) is 19.3 Å². The minimum Gasteiger partial charge on any atom is -0.462 e. The summed E-state index contributed by atoms with van der Waals surface area (Å²) >= 11 is 0. The van der Waals surface area contributed by atoms with E-state index in [2.05, 4.69) is 125 Å². The Morgan fingerprint density at radius 2 is 0.510 bits per heavy atom. The van der Waals surface area contributed by atoms with Crippen LogP contribution in [-0.2, 0) is 65.4 Å². The molecule has 5 atom stereocenters. The fraction of sp³-hybridized carbons (Fsp3) is 0.759. The molecule has 0 spiro atoms. The van der Waals surface area contributed by atoms with Crippen LogP contribution in [0.1, 0.15) is 349 Å². The molecule has 17 nitrogen and oxygen atoms in total. The third-order valence-corrected chi connectivity index (χ3v) is 18.9. The average molecular weight is 1480 g/mol. The van der Waals surface area contributed by atoms with Gasteiger partial charge in [0, 0.05) is 25.7 Å². The lowest BCUT2D eigenvalue weighted by Gasteiger charge is -2.21. The molecule has 0 rings (SSSR count). The zero-order valence-corrected chi connectivity index (χ0v) is 66.3. The van der Waals surface area contributed by atoms with Crippen LogP contribution in [0.5, 0.6) is 0 Å². The third kappa shape index (κ3) is 74.3. The van der Waals surface area contributed by atoms with Gasteiger partial charge in [0.25, 0.3) is 0 Å². The molecule has 0 amide bonds. The molecule has 0 bridgehead atoms. The molecule has 590 valence electrons. The second-order valence-corrected chi connectivity index (χ2v) is 29.9. The van der Waals surface area contributed by atoms with Crippen molar-refractivity contribution in [1.29, 1.82) is 0 Å². The van der Waals surface area contributed by atoms with E-state index < -0.39 is 97.5 Å². The summed E-state index contributed by atoms with van der Waals surface area (Å²) < 4.78 is 68.6. The first-order valence-electron chi connectivity index (χ1n) is 40.5. The van der Waals surface area contributed by atoms with Crippen molar-refractivity contribution >= 4 is 39.5 Å². The fourth-order valence-electron chi connectivity index (χ4n) is 10.9. The van der Waals surface area contributed by atoms with Gasteiger partial charge in [-0.15, -0.1) is 0 Å². The first kappa shape index (κ1) is 98.0. The Morgan fingerprint density at radius 3 is 0.804 bits per heavy atom. The van der Waals surface area contributed by atoms with Gasteiger partial charge in [-0.05, 0) is 128 Å². The van der Waals surface area contributed by atoms with Gasteiger partial charge in [-0.1, -0.05) is 292 Å². The topological polar surface area (TPSA) is 237 Å². The van der Waals surface area contributed by atoms with Gasteiger partial charge in [-0.3, -0.25) is 37.3 Å². The molecule has 0 radical (unpaired) electrons. The van der Waals surface area contributed by atoms with Crippen molar-refractivity contribution in [3.63, 3.8) is 0 Å². The maximum Gasteiger partial charge on any atom is 0.472 e. The monoisotopic (exact) mass is 1480 g/mol. The molecule has 5 unspecified atom stereocenters. The molecule has 19 heteroatoms. The molecule has 0 aromatic rings. The van der Waals surface area contributed by atoms with Crippen molar-refractivity contribution in [3.8, 4) is 0 Å². The number of aliphatic hydroxyl groups excluding tert-OH is 1. The first-order chi connectivity index (χ1) is 49.7. The van der Waals surface area contributed by atoms with Crippen LogP contribution in [0.4, 0.5) is 0 Å². The standard InChI is InChI=1S/C83H146O17P2/c1-5-9-13-17-21-25-29-33-36-37-38-39-42-45-48-52-56-60-64-68-81(86)94-74-79(100-83(88)70-66-62-58-54-50-46-41-35-31-27-23-19-15-11-7-3)76-98-102(91,92)96-72-77(84)71-95-101(89,90)97-75-78(99-82(87)69-65-61-57-53-49-43-32-28-24-20-16-12-8-4)73-93-80(85)67-63-59-55-51-47-44-40-34-30-26-22-18-14-10-6-2/h10,14,21-23,25-27,33-36,38-41,77-79,84H,5-9,11-13,15-20,24,28-32,37,42-76H2,1-4H3,(H,89,90)(H,91,92)/b14-10-,25-21-,26-22-,27-23-,36-33-,39-38-,40-34-,41-35-. The summed E-state index contributed by atoms with van der Waals surface area (Å²) in [4.78, 5) is 73.0. The fourth-order valence-corrected chi connectivity index (χ4v) is 12.4. The molecule has 0 heterocycles. The minimum atomic E-state index is -4.98. The molecule has 3 N–H and O–H groups in total. The van der Waals surface area contributed by atoms with Gasteiger partial charge in [0.05, 0.1) is 26.4 Å². The van der Waals surface area contributed by atoms with Crippen LogP contribution in [0.2, 0.25) is 0 Å². The highest BCUT2D eigenvalue weighted by Gasteiger charge is 2.30. The van der Waals surface area contributed by atoms with Crippen molar-refractivity contribution in [2.45, 2.75) is 367 Å². The molecule has 0 aliphatic carbocycles. The smallest absolute Gasteiger partial charge is 0.462 e. The van der Waals surface area contributed by atoms with Crippen molar-refractivity contribution < 1.29 is 80.2 Å². The summed E-state index contributed by atoms with van der Waals surface area (Å²) in [7, 11) is -9.96. The number of phosphoric acid groups is 2. The van der Waals surface area contributed by atoms with Crippen molar-refractivity contribution in [2.24, 2.45) is 0 Å². The zero-order chi connectivity index (χ0) is 74.6. The number of esters is 4. The Kier molecular flexibility index (Phi) is 72.3. The number of unbranched alkanes of at least 4 members (excludes halogenated alkanes) is 34. The lowest BCUT2D eigenvalue weighted by molar-refractivity contribution is -0.161. The molecule has 0 fully saturated rings. The number of carbonyl (C=O) groups excluding carboxylic acids is 4. The van der Waals surface area contributed by atoms with Crippen LogP contribution in [0.25, 0.3) is 0 Å². The Hall–Kier alpha value is -4.02. The van der Waals surface area contributed by atoms with Gasteiger partial charge >= 0.3 is 39.5 Å². The second kappa shape index (κ2) is 75.2. The van der Waals surface area contributed by atoms with E-state index in [-0.39, 0.29) is 25.7 Å². The Labute approximate surface area is 620 Å². The highest BCUT2D eigenvalue weighted by molar-refractivity contribution is 7.47. The lowest BCUT2D eigenvalue weighted by Crippen LogP contribution is -2.30. The normalized spacial score (nSPS) is 14.4. The predicted molar refractivity (Wildman–Crippen MR) is 418 cm³/mol. The van der Waals surface area contributed by atoms with Crippen LogP contribution in [0.15, 0.2) is 97.2 Å². The average Bonchev–Trinajstić information content (AvgIpc) is 0.909. The van der Waals surface area contributed by atoms with Crippen LogP contribution < -0.4 is 0 Å². The zero-order valence-electron chi connectivity index (χ0n) is 64.5. The number of phosphoric ester groups is 2. The maximum absolute atomic E-state index is 13.1. The summed E-state index contributed by atoms with van der Waals surface area (Å²) in [6, 6.07) is 0. The predicted octanol–water partition coefficient (Wildman–Crippen LogP) is 23.6. The van der Waals surface area contributed by atoms with E-state index in [1.54, 1.807) is 0 Å². The Balaban J connectivity index is 5.36. The number of hydrogen-bond acceptors (Lipinski definition) is 15. The van der Waals surface area contributed by atoms with Gasteiger partial charge in [-0.2, -0.15) is 0 Å². The number of ether oxygens (including phenoxy) is 4. The van der Waals surface area contributed by atoms with E-state index in [0.29, 0.717) is 25.7 Å². The van der Waals surface area contributed by atoms with Crippen LogP contribution in [0.3, 0.4) is 0 Å². The molecule has 0 aromatic heterocycles. The summed E-state index contributed by atoms with van der Waals surface area (Å²) in [5.74, 6) is -2.20. The molecule has 102 heavy (non-hydrogen) atoms. The van der Waals surface area contributed by atoms with Crippen molar-refractivity contribution in [2.75, 3.05) is 39.6 Å². The van der Waals surface area contributed by atoms with Gasteiger partial charge in [0.15, 0.2) is 12.2 Å². The summed E-state index contributed by atoms with van der Waals surface area (Å²) in [6.45, 7) is 4.71. The maximum atomic E-state index is 13.1. The molecule has 0 aromatic carbocycles. The molecule has 0 saturated heterocycles. The summed E-state index contributed by atoms with van der Waals surface area (Å²) in [5, 5.41) is 10.6. The Bertz CT molecular complexity index is 2310. The van der Waals surface area contributed by atoms with E-state index in [1.165, 1.54) is 89.9 Å². The van der Waals surface area contributed by atoms with Gasteiger partial charge in [-0.25, -0.2) is 9.13 Å². The van der Waals surface area contributed by atoms with E-state index >= 15 is 0 Å². The van der Waals surface area contributed by atoms with E-state index in [1.807, 2.05) is 0 Å². The van der Waals surface area contributed by atoms with Crippen LogP contribution in [-0.4, -0.2) is 96.7 Å². The van der Waals surface area contributed by atoms with Gasteiger partial charge < -0.3 is 33.8 Å². The SMILES string of the molecule is CC/C=C\C/C=C\C/C=C\CCCCCCCC(=O)OCC(COP(=O)(O)OCC(O)COP(=O)(O)OCC(COC(=O)CCCCCCCC/C=C\C/C=C\C/C=C\CCCCC)OC(=O)CCCCCCC/C=C\C/C=C\CCCCC)OC(=O)CCCCCCCCCCCCCCC. The van der Waals surface area contributed by atoms with Crippen LogP contribution in [0, 0.1) is 0 Å². The quantitative estimate of drug-likeness (QED) is 0.0169. The van der Waals surface area contributed by atoms with E-state index in [9.17, 15) is 43.2 Å². The Morgan fingerprint density at radius 1 is 0.284 bits per heavy atom. The first-order valence-corrected chi connectivity index (χ1v) is 43.5. The highest BCUT2D eigenvalue weighted by atomic mass is 31.2. The number of allylic oxidation sites excluding steroid dienone is 16. The molecule has 0 aliphatic rings. The second-order valence-electron chi connectivity index (χ2n) is 27.0. The summed E-state index contributed by atoms with van der Waals surface area (Å²) in [6.07, 6.45) is 79.5. The van der Waals surface area contributed by atoms with Gasteiger partial charge in [0.2, 0.25) is 0 Å². The molecular formula is C83H146O17P2. The van der Waals surface area contributed by atoms with E-state index in [0.717, 1.165) is 180 Å². The number of aliphatic hydroxyl groups is 1. The number of carbonyl (C=O) groups is 4. The largest absolute Gasteiger partial charge is 0.472 e. The van der Waals surface area contributed by atoms with Crippen molar-refractivity contribution in [3.05, 3.63) is 97.2 Å². The van der Waals surface area contributed by atoms with Crippen LogP contribution >= 0.6 is 15.6 Å². The lowest BCUT2D eigenvalue weighted by atomic mass is 10.0. The molecular weight excluding hydrogens is 1330 g/mol. The molecule has 0 aliphatic heterocycles. The van der Waals surface area contributed by atoms with E-state index in [4.69, 9.17) is 37.0 Å². The third-order valence-electron chi connectivity index (χ3n) is 17.0. The molecule has 0 saturated carbocycles. The number of rotatable bonds is 76. The minimum absolute atomic E-state index is 0.0763. The highest BCUT2D eigenvalue weighted by Crippen LogP contribution is 2.45. The number of hydrogen-bond donors (Lipinski definition) is 3.